The van der Waals surface area contributed by atoms with E-state index in [9.17, 15) is 4.79 Å². The second-order valence-electron chi connectivity index (χ2n) is 8.28. The van der Waals surface area contributed by atoms with E-state index in [0.717, 1.165) is 24.2 Å². The molecule has 0 aliphatic heterocycles. The zero-order valence-electron chi connectivity index (χ0n) is 17.6. The van der Waals surface area contributed by atoms with Crippen LogP contribution in [0, 0.1) is 17.8 Å². The molecule has 2 unspecified atom stereocenters. The summed E-state index contributed by atoms with van der Waals surface area (Å²) in [6.45, 7) is 4.22. The number of nitrogens with zero attached hydrogens (tertiary/aromatic N) is 1. The number of hydrogen-bond donors (Lipinski definition) is 1. The van der Waals surface area contributed by atoms with Gasteiger partial charge in [0.05, 0.1) is 5.56 Å². The Morgan fingerprint density at radius 3 is 2.69 bits per heavy atom. The van der Waals surface area contributed by atoms with Gasteiger partial charge in [-0.3, -0.25) is 4.79 Å². The Labute approximate surface area is 178 Å². The van der Waals surface area contributed by atoms with Crippen molar-refractivity contribution < 1.29 is 9.53 Å². The van der Waals surface area contributed by atoms with Gasteiger partial charge in [0.2, 0.25) is 5.88 Å². The molecular weight excluding hydrogens is 380 g/mol. The average molecular weight is 413 g/mol. The van der Waals surface area contributed by atoms with Crippen molar-refractivity contribution in [3.05, 3.63) is 48.2 Å². The lowest BCUT2D eigenvalue weighted by Crippen LogP contribution is -2.28. The van der Waals surface area contributed by atoms with Gasteiger partial charge in [-0.05, 0) is 80.5 Å². The van der Waals surface area contributed by atoms with Gasteiger partial charge < -0.3 is 10.5 Å². The van der Waals surface area contributed by atoms with E-state index in [2.05, 4.69) is 11.9 Å². The molecule has 1 saturated carbocycles. The Balaban J connectivity index is 1.69. The van der Waals surface area contributed by atoms with E-state index in [4.69, 9.17) is 10.5 Å². The van der Waals surface area contributed by atoms with Crippen molar-refractivity contribution in [2.45, 2.75) is 56.9 Å². The lowest BCUT2D eigenvalue weighted by Gasteiger charge is -2.30. The standard InChI is InChI=1S/C24H32N2O2S/c1-16(14-18-9-11-19(25)12-10-18)17(2)23(27)22-8-5-13-26-24(22)28-20-6-4-7-21(15-20)29-3/h4-8,13,15-19H,9-12,14,25H2,1-3H3. The summed E-state index contributed by atoms with van der Waals surface area (Å²) >= 11 is 1.65. The molecule has 0 amide bonds. The van der Waals surface area contributed by atoms with Crippen LogP contribution < -0.4 is 10.5 Å². The quantitative estimate of drug-likeness (QED) is 0.428. The number of hydrogen-bond acceptors (Lipinski definition) is 5. The molecule has 3 rings (SSSR count). The number of pyridine rings is 1. The number of ketones is 1. The van der Waals surface area contributed by atoms with E-state index >= 15 is 0 Å². The van der Waals surface area contributed by atoms with E-state index in [-0.39, 0.29) is 11.7 Å². The fourth-order valence-electron chi connectivity index (χ4n) is 4.09. The molecule has 2 N–H and O–H groups in total. The van der Waals surface area contributed by atoms with Crippen molar-refractivity contribution in [1.29, 1.82) is 0 Å². The monoisotopic (exact) mass is 412 g/mol. The molecule has 4 nitrogen and oxygen atoms in total. The third-order valence-corrected chi connectivity index (χ3v) is 6.88. The first-order chi connectivity index (χ1) is 14.0. The summed E-state index contributed by atoms with van der Waals surface area (Å²) in [4.78, 5) is 18.7. The Morgan fingerprint density at radius 1 is 1.21 bits per heavy atom. The zero-order chi connectivity index (χ0) is 20.8. The number of Topliss-reactive ketones (excluding diaryl/α,β-unsaturated/α-hetero) is 1. The molecule has 0 bridgehead atoms. The predicted octanol–water partition coefficient (Wildman–Crippen LogP) is 5.96. The molecule has 2 aromatic rings. The van der Waals surface area contributed by atoms with Gasteiger partial charge in [0, 0.05) is 23.1 Å². The van der Waals surface area contributed by atoms with Gasteiger partial charge in [0.15, 0.2) is 5.78 Å². The molecule has 0 radical (unpaired) electrons. The summed E-state index contributed by atoms with van der Waals surface area (Å²) in [5.74, 6) is 2.11. The van der Waals surface area contributed by atoms with Crippen LogP contribution in [0.3, 0.4) is 0 Å². The third kappa shape index (κ3) is 5.83. The van der Waals surface area contributed by atoms with E-state index in [1.165, 1.54) is 12.8 Å². The molecule has 5 heteroatoms. The first-order valence-electron chi connectivity index (χ1n) is 10.5. The summed E-state index contributed by atoms with van der Waals surface area (Å²) in [6.07, 6.45) is 9.34. The van der Waals surface area contributed by atoms with Crippen LogP contribution in [0.1, 0.15) is 56.3 Å². The summed E-state index contributed by atoms with van der Waals surface area (Å²) in [5, 5.41) is 0. The second kappa shape index (κ2) is 10.3. The number of nitrogens with two attached hydrogens (primary N) is 1. The number of ether oxygens (including phenoxy) is 1. The number of carbonyl (C=O) groups excluding carboxylic acids is 1. The Hall–Kier alpha value is -1.85. The molecular formula is C24H32N2O2S. The smallest absolute Gasteiger partial charge is 0.230 e. The van der Waals surface area contributed by atoms with E-state index in [0.29, 0.717) is 35.1 Å². The highest BCUT2D eigenvalue weighted by atomic mass is 32.2. The van der Waals surface area contributed by atoms with E-state index in [1.54, 1.807) is 24.0 Å². The molecule has 1 fully saturated rings. The highest BCUT2D eigenvalue weighted by molar-refractivity contribution is 7.98. The Morgan fingerprint density at radius 2 is 1.97 bits per heavy atom. The van der Waals surface area contributed by atoms with Crippen LogP contribution in [-0.2, 0) is 0 Å². The maximum absolute atomic E-state index is 13.3. The minimum Gasteiger partial charge on any atom is -0.438 e. The number of carbonyl (C=O) groups is 1. The summed E-state index contributed by atoms with van der Waals surface area (Å²) in [7, 11) is 0. The van der Waals surface area contributed by atoms with Crippen LogP contribution in [0.25, 0.3) is 0 Å². The molecule has 1 aromatic carbocycles. The SMILES string of the molecule is CSc1cccc(Oc2ncccc2C(=O)C(C)C(C)CC2CCC(N)CC2)c1. The van der Waals surface area contributed by atoms with Crippen LogP contribution in [0.4, 0.5) is 0 Å². The van der Waals surface area contributed by atoms with Crippen molar-refractivity contribution in [3.63, 3.8) is 0 Å². The van der Waals surface area contributed by atoms with Crippen molar-refractivity contribution >= 4 is 17.5 Å². The normalized spacial score (nSPS) is 21.4. The van der Waals surface area contributed by atoms with Gasteiger partial charge in [0.25, 0.3) is 0 Å². The molecule has 2 atom stereocenters. The largest absolute Gasteiger partial charge is 0.438 e. The molecule has 1 heterocycles. The van der Waals surface area contributed by atoms with Gasteiger partial charge in [0.1, 0.15) is 5.75 Å². The number of thioether (sulfide) groups is 1. The lowest BCUT2D eigenvalue weighted by atomic mass is 9.77. The maximum Gasteiger partial charge on any atom is 0.230 e. The number of aromatic nitrogens is 1. The zero-order valence-corrected chi connectivity index (χ0v) is 18.5. The molecule has 1 aliphatic carbocycles. The Bertz CT molecular complexity index is 818. The summed E-state index contributed by atoms with van der Waals surface area (Å²) in [6, 6.07) is 11.8. The summed E-state index contributed by atoms with van der Waals surface area (Å²) in [5.41, 5.74) is 6.60. The molecule has 0 spiro atoms. The third-order valence-electron chi connectivity index (χ3n) is 6.16. The van der Waals surface area contributed by atoms with Crippen molar-refractivity contribution in [2.24, 2.45) is 23.5 Å². The van der Waals surface area contributed by atoms with Crippen LogP contribution in [0.15, 0.2) is 47.5 Å². The van der Waals surface area contributed by atoms with Crippen molar-refractivity contribution in [3.8, 4) is 11.6 Å². The predicted molar refractivity (Wildman–Crippen MR) is 120 cm³/mol. The van der Waals surface area contributed by atoms with Crippen molar-refractivity contribution in [1.82, 2.24) is 4.98 Å². The summed E-state index contributed by atoms with van der Waals surface area (Å²) < 4.78 is 6.01. The first kappa shape index (κ1) is 21.8. The van der Waals surface area contributed by atoms with Gasteiger partial charge in [-0.1, -0.05) is 19.9 Å². The van der Waals surface area contributed by atoms with Gasteiger partial charge >= 0.3 is 0 Å². The van der Waals surface area contributed by atoms with Crippen LogP contribution >= 0.6 is 11.8 Å². The highest BCUT2D eigenvalue weighted by Crippen LogP contribution is 2.34. The molecule has 156 valence electrons. The van der Waals surface area contributed by atoms with Crippen LogP contribution in [0.5, 0.6) is 11.6 Å². The second-order valence-corrected chi connectivity index (χ2v) is 9.16. The van der Waals surface area contributed by atoms with Crippen LogP contribution in [0.2, 0.25) is 0 Å². The highest BCUT2D eigenvalue weighted by Gasteiger charge is 2.28. The number of benzene rings is 1. The fraction of sp³-hybridized carbons (Fsp3) is 0.500. The number of rotatable bonds is 8. The minimum absolute atomic E-state index is 0.0744. The molecule has 1 aliphatic rings. The first-order valence-corrected chi connectivity index (χ1v) is 11.8. The molecule has 29 heavy (non-hydrogen) atoms. The van der Waals surface area contributed by atoms with Gasteiger partial charge in [-0.15, -0.1) is 11.8 Å². The molecule has 0 saturated heterocycles. The molecule has 1 aromatic heterocycles. The van der Waals surface area contributed by atoms with Gasteiger partial charge in [-0.2, -0.15) is 0 Å². The maximum atomic E-state index is 13.3. The van der Waals surface area contributed by atoms with Crippen molar-refractivity contribution in [2.75, 3.05) is 6.26 Å². The fourth-order valence-corrected chi connectivity index (χ4v) is 4.54. The van der Waals surface area contributed by atoms with E-state index < -0.39 is 0 Å². The lowest BCUT2D eigenvalue weighted by molar-refractivity contribution is 0.0872. The minimum atomic E-state index is -0.0744. The Kier molecular flexibility index (Phi) is 7.73. The average Bonchev–Trinajstić information content (AvgIpc) is 2.75. The topological polar surface area (TPSA) is 65.2 Å². The van der Waals surface area contributed by atoms with Gasteiger partial charge in [-0.25, -0.2) is 4.98 Å². The van der Waals surface area contributed by atoms with E-state index in [1.807, 2.05) is 43.5 Å². The van der Waals surface area contributed by atoms with Crippen LogP contribution in [-0.4, -0.2) is 23.1 Å².